The molecule has 2 aromatic rings. The Morgan fingerprint density at radius 3 is 2.42 bits per heavy atom. The molecule has 1 atom stereocenters. The molecule has 1 heterocycles. The van der Waals surface area contributed by atoms with E-state index in [4.69, 9.17) is 4.42 Å². The Kier molecular flexibility index (Phi) is 6.57. The highest BCUT2D eigenvalue weighted by Gasteiger charge is 2.16. The van der Waals surface area contributed by atoms with Crippen molar-refractivity contribution >= 4 is 27.7 Å². The van der Waals surface area contributed by atoms with Crippen molar-refractivity contribution in [3.05, 3.63) is 58.5 Å². The lowest BCUT2D eigenvalue weighted by atomic mass is 10.1. The summed E-state index contributed by atoms with van der Waals surface area (Å²) in [5.74, 6) is -0.523. The summed E-state index contributed by atoms with van der Waals surface area (Å²) in [5.41, 5.74) is 1.12. The number of benzene rings is 1. The molecule has 24 heavy (non-hydrogen) atoms. The van der Waals surface area contributed by atoms with Crippen molar-refractivity contribution in [3.63, 3.8) is 0 Å². The van der Waals surface area contributed by atoms with Gasteiger partial charge in [-0.05, 0) is 47.7 Å². The van der Waals surface area contributed by atoms with Crippen LogP contribution >= 0.6 is 15.9 Å². The standard InChI is InChI=1S/C17H20BrN3O3/c1-21(2)13(12-6-4-3-5-7-12)10-19-16(22)11-20-17(23)14-8-9-15(18)24-14/h3-9,13H,10-11H2,1-2H3,(H,19,22)(H,20,23). The van der Waals surface area contributed by atoms with Crippen molar-refractivity contribution < 1.29 is 14.0 Å². The Labute approximate surface area is 149 Å². The summed E-state index contributed by atoms with van der Waals surface area (Å²) in [6.07, 6.45) is 0. The lowest BCUT2D eigenvalue weighted by molar-refractivity contribution is -0.120. The Morgan fingerprint density at radius 1 is 1.12 bits per heavy atom. The summed E-state index contributed by atoms with van der Waals surface area (Å²) in [5, 5.41) is 5.37. The first-order valence-electron chi connectivity index (χ1n) is 7.49. The number of halogens is 1. The third-order valence-corrected chi connectivity index (χ3v) is 3.93. The summed E-state index contributed by atoms with van der Waals surface area (Å²) in [6.45, 7) is 0.351. The van der Waals surface area contributed by atoms with E-state index in [1.807, 2.05) is 49.3 Å². The first kappa shape index (κ1) is 18.2. The molecule has 1 unspecified atom stereocenters. The number of nitrogens with one attached hydrogen (secondary N) is 2. The Bertz CT molecular complexity index is 685. The molecule has 1 aromatic carbocycles. The van der Waals surface area contributed by atoms with Crippen molar-refractivity contribution in [1.29, 1.82) is 0 Å². The number of carbonyl (C=O) groups is 2. The Morgan fingerprint density at radius 2 is 1.83 bits per heavy atom. The van der Waals surface area contributed by atoms with Gasteiger partial charge in [-0.1, -0.05) is 30.3 Å². The fourth-order valence-corrected chi connectivity index (χ4v) is 2.54. The number of nitrogens with zero attached hydrogens (tertiary/aromatic N) is 1. The molecule has 7 heteroatoms. The Hall–Kier alpha value is -2.12. The topological polar surface area (TPSA) is 74.6 Å². The number of likely N-dealkylation sites (N-methyl/N-ethyl adjacent to an activating group) is 1. The van der Waals surface area contributed by atoms with Gasteiger partial charge in [-0.2, -0.15) is 0 Å². The van der Waals surface area contributed by atoms with Crippen molar-refractivity contribution in [1.82, 2.24) is 15.5 Å². The van der Waals surface area contributed by atoms with Crippen molar-refractivity contribution in [2.45, 2.75) is 6.04 Å². The van der Waals surface area contributed by atoms with Crippen molar-refractivity contribution in [2.75, 3.05) is 27.2 Å². The first-order valence-corrected chi connectivity index (χ1v) is 8.28. The predicted octanol–water partition coefficient (Wildman–Crippen LogP) is 2.19. The van der Waals surface area contributed by atoms with E-state index in [1.54, 1.807) is 6.07 Å². The second-order valence-corrected chi connectivity index (χ2v) is 6.26. The molecule has 0 fully saturated rings. The fraction of sp³-hybridized carbons (Fsp3) is 0.294. The molecule has 0 saturated carbocycles. The van der Waals surface area contributed by atoms with E-state index in [0.29, 0.717) is 11.2 Å². The van der Waals surface area contributed by atoms with Gasteiger partial charge in [0.15, 0.2) is 10.4 Å². The predicted molar refractivity (Wildman–Crippen MR) is 94.6 cm³/mol. The van der Waals surface area contributed by atoms with Crippen LogP contribution in [0.3, 0.4) is 0 Å². The molecule has 128 valence electrons. The minimum atomic E-state index is -0.428. The van der Waals surface area contributed by atoms with Crippen LogP contribution in [0.4, 0.5) is 0 Å². The maximum atomic E-state index is 12.0. The summed E-state index contributed by atoms with van der Waals surface area (Å²) >= 11 is 3.13. The molecular weight excluding hydrogens is 374 g/mol. The zero-order chi connectivity index (χ0) is 17.5. The van der Waals surface area contributed by atoms with Gasteiger partial charge >= 0.3 is 0 Å². The van der Waals surface area contributed by atoms with E-state index in [-0.39, 0.29) is 24.3 Å². The highest BCUT2D eigenvalue weighted by atomic mass is 79.9. The van der Waals surface area contributed by atoms with Crippen LogP contribution in [0.25, 0.3) is 0 Å². The van der Waals surface area contributed by atoms with Crippen molar-refractivity contribution in [3.8, 4) is 0 Å². The van der Waals surface area contributed by atoms with Gasteiger partial charge in [0.1, 0.15) is 0 Å². The van der Waals surface area contributed by atoms with Gasteiger partial charge in [-0.25, -0.2) is 0 Å². The van der Waals surface area contributed by atoms with Crippen LogP contribution in [0, 0.1) is 0 Å². The number of hydrogen-bond acceptors (Lipinski definition) is 4. The van der Waals surface area contributed by atoms with E-state index in [2.05, 4.69) is 26.6 Å². The molecular formula is C17H20BrN3O3. The lowest BCUT2D eigenvalue weighted by Gasteiger charge is -2.25. The molecule has 2 amide bonds. The van der Waals surface area contributed by atoms with Crippen LogP contribution in [0.2, 0.25) is 0 Å². The fourth-order valence-electron chi connectivity index (χ4n) is 2.23. The maximum Gasteiger partial charge on any atom is 0.287 e. The molecule has 0 aliphatic rings. The number of carbonyl (C=O) groups excluding carboxylic acids is 2. The number of amides is 2. The molecule has 0 spiro atoms. The van der Waals surface area contributed by atoms with Gasteiger partial charge in [-0.15, -0.1) is 0 Å². The average molecular weight is 394 g/mol. The van der Waals surface area contributed by atoms with Crippen LogP contribution in [0.1, 0.15) is 22.2 Å². The number of hydrogen-bond donors (Lipinski definition) is 2. The molecule has 0 bridgehead atoms. The summed E-state index contributed by atoms with van der Waals surface area (Å²) < 4.78 is 5.60. The maximum absolute atomic E-state index is 12.0. The minimum Gasteiger partial charge on any atom is -0.444 e. The quantitative estimate of drug-likeness (QED) is 0.755. The molecule has 6 nitrogen and oxygen atoms in total. The largest absolute Gasteiger partial charge is 0.444 e. The third kappa shape index (κ3) is 5.21. The van der Waals surface area contributed by atoms with Crippen molar-refractivity contribution in [2.24, 2.45) is 0 Å². The summed E-state index contributed by atoms with van der Waals surface area (Å²) in [6, 6.07) is 13.2. The van der Waals surface area contributed by atoms with Crippen LogP contribution < -0.4 is 10.6 Å². The van der Waals surface area contributed by atoms with Gasteiger partial charge in [-0.3, -0.25) is 9.59 Å². The monoisotopic (exact) mass is 393 g/mol. The zero-order valence-corrected chi connectivity index (χ0v) is 15.2. The van der Waals surface area contributed by atoms with Gasteiger partial charge in [0, 0.05) is 6.54 Å². The van der Waals surface area contributed by atoms with Gasteiger partial charge < -0.3 is 20.0 Å². The molecule has 2 rings (SSSR count). The molecule has 0 aliphatic carbocycles. The molecule has 2 N–H and O–H groups in total. The van der Waals surface area contributed by atoms with Gasteiger partial charge in [0.2, 0.25) is 5.91 Å². The first-order chi connectivity index (χ1) is 11.5. The van der Waals surface area contributed by atoms with Crippen LogP contribution in [-0.4, -0.2) is 43.9 Å². The SMILES string of the molecule is CN(C)C(CNC(=O)CNC(=O)c1ccc(Br)o1)c1ccccc1. The van der Waals surface area contributed by atoms with E-state index in [1.165, 1.54) is 6.07 Å². The zero-order valence-electron chi connectivity index (χ0n) is 13.6. The molecule has 0 aliphatic heterocycles. The van der Waals surface area contributed by atoms with E-state index < -0.39 is 5.91 Å². The number of rotatable bonds is 7. The normalized spacial score (nSPS) is 12.0. The van der Waals surface area contributed by atoms with E-state index >= 15 is 0 Å². The third-order valence-electron chi connectivity index (χ3n) is 3.51. The summed E-state index contributed by atoms with van der Waals surface area (Å²) in [7, 11) is 3.92. The molecule has 0 radical (unpaired) electrons. The smallest absolute Gasteiger partial charge is 0.287 e. The molecule has 0 saturated heterocycles. The van der Waals surface area contributed by atoms with Gasteiger partial charge in [0.25, 0.3) is 5.91 Å². The highest BCUT2D eigenvalue weighted by Crippen LogP contribution is 2.16. The average Bonchev–Trinajstić information content (AvgIpc) is 3.00. The second kappa shape index (κ2) is 8.65. The molecule has 1 aromatic heterocycles. The van der Waals surface area contributed by atoms with Crippen LogP contribution in [-0.2, 0) is 4.79 Å². The van der Waals surface area contributed by atoms with E-state index in [9.17, 15) is 9.59 Å². The van der Waals surface area contributed by atoms with E-state index in [0.717, 1.165) is 5.56 Å². The minimum absolute atomic E-state index is 0.0619. The number of furan rings is 1. The van der Waals surface area contributed by atoms with Gasteiger partial charge in [0.05, 0.1) is 12.6 Å². The second-order valence-electron chi connectivity index (χ2n) is 5.48. The summed E-state index contributed by atoms with van der Waals surface area (Å²) in [4.78, 5) is 25.8. The lowest BCUT2D eigenvalue weighted by Crippen LogP contribution is -2.40. The van der Waals surface area contributed by atoms with Crippen LogP contribution in [0.15, 0.2) is 51.6 Å². The van der Waals surface area contributed by atoms with Crippen LogP contribution in [0.5, 0.6) is 0 Å². The highest BCUT2D eigenvalue weighted by molar-refractivity contribution is 9.10. The Balaban J connectivity index is 1.82.